The quantitative estimate of drug-likeness (QED) is 0.320. The molecule has 1 atom stereocenters. The third-order valence-electron chi connectivity index (χ3n) is 6.90. The first-order valence-electron chi connectivity index (χ1n) is 13.5. The maximum atomic E-state index is 14.1. The van der Waals surface area contributed by atoms with Crippen molar-refractivity contribution >= 4 is 27.5 Å². The van der Waals surface area contributed by atoms with Crippen LogP contribution in [0, 0.1) is 13.8 Å². The van der Waals surface area contributed by atoms with Crippen molar-refractivity contribution in [3.63, 3.8) is 0 Å². The Morgan fingerprint density at radius 1 is 0.925 bits per heavy atom. The predicted molar refractivity (Wildman–Crippen MR) is 158 cm³/mol. The van der Waals surface area contributed by atoms with Crippen molar-refractivity contribution in [1.29, 1.82) is 0 Å². The molecule has 0 fully saturated rings. The maximum absolute atomic E-state index is 14.1. The predicted octanol–water partition coefficient (Wildman–Crippen LogP) is 4.84. The molecule has 1 N–H and O–H groups in total. The lowest BCUT2D eigenvalue weighted by atomic mass is 10.1. The number of benzene rings is 3. The van der Waals surface area contributed by atoms with Gasteiger partial charge in [0.25, 0.3) is 10.0 Å². The average Bonchev–Trinajstić information content (AvgIpc) is 2.96. The van der Waals surface area contributed by atoms with Gasteiger partial charge in [-0.3, -0.25) is 13.9 Å². The summed E-state index contributed by atoms with van der Waals surface area (Å²) < 4.78 is 34.3. The van der Waals surface area contributed by atoms with Crippen LogP contribution in [0.25, 0.3) is 0 Å². The molecule has 40 heavy (non-hydrogen) atoms. The number of nitrogens with zero attached hydrogens (tertiary/aromatic N) is 2. The van der Waals surface area contributed by atoms with Gasteiger partial charge in [-0.05, 0) is 73.7 Å². The molecule has 3 rings (SSSR count). The van der Waals surface area contributed by atoms with Crippen molar-refractivity contribution in [2.24, 2.45) is 0 Å². The number of sulfonamides is 1. The van der Waals surface area contributed by atoms with Crippen molar-refractivity contribution < 1.29 is 22.7 Å². The fourth-order valence-corrected chi connectivity index (χ4v) is 5.94. The van der Waals surface area contributed by atoms with Crippen molar-refractivity contribution in [3.05, 3.63) is 89.5 Å². The number of rotatable bonds is 13. The van der Waals surface area contributed by atoms with Crippen molar-refractivity contribution in [2.75, 3.05) is 24.5 Å². The van der Waals surface area contributed by atoms with Gasteiger partial charge in [-0.15, -0.1) is 0 Å². The van der Waals surface area contributed by atoms with E-state index in [9.17, 15) is 18.0 Å². The summed E-state index contributed by atoms with van der Waals surface area (Å²) in [6.45, 7) is 7.69. The zero-order valence-corrected chi connectivity index (χ0v) is 24.7. The largest absolute Gasteiger partial charge is 0.497 e. The first-order chi connectivity index (χ1) is 19.1. The number of hydrogen-bond donors (Lipinski definition) is 1. The van der Waals surface area contributed by atoms with Gasteiger partial charge >= 0.3 is 0 Å². The molecule has 0 radical (unpaired) electrons. The zero-order chi connectivity index (χ0) is 29.3. The highest BCUT2D eigenvalue weighted by atomic mass is 32.2. The minimum absolute atomic E-state index is 0.0816. The van der Waals surface area contributed by atoms with Crippen LogP contribution in [0.15, 0.2) is 77.7 Å². The van der Waals surface area contributed by atoms with Crippen LogP contribution in [-0.2, 0) is 26.2 Å². The van der Waals surface area contributed by atoms with Crippen LogP contribution >= 0.6 is 0 Å². The first kappa shape index (κ1) is 30.7. The molecule has 2 amide bonds. The molecule has 0 aliphatic carbocycles. The Morgan fingerprint density at radius 3 is 2.20 bits per heavy atom. The normalized spacial score (nSPS) is 11.9. The van der Waals surface area contributed by atoms with E-state index in [4.69, 9.17) is 4.74 Å². The Morgan fingerprint density at radius 2 is 1.60 bits per heavy atom. The van der Waals surface area contributed by atoms with E-state index in [1.807, 2.05) is 45.9 Å². The van der Waals surface area contributed by atoms with E-state index < -0.39 is 28.5 Å². The summed E-state index contributed by atoms with van der Waals surface area (Å²) in [6, 6.07) is 19.9. The molecule has 0 heterocycles. The van der Waals surface area contributed by atoms with Gasteiger partial charge in [0.05, 0.1) is 17.7 Å². The second kappa shape index (κ2) is 14.0. The number of anilines is 1. The standard InChI is InChI=1S/C31H39N3O5S/c1-6-20-32-31(36)28(7-2)33(21-25-16-18-26(39-5)19-17-25)30(35)22-34(29-15-11-12-23(3)24(29)4)40(37,38)27-13-9-8-10-14-27/h8-19,28H,6-7,20-22H2,1-5H3,(H,32,36)/t28-/m0/s1. The molecule has 214 valence electrons. The third kappa shape index (κ3) is 7.21. The van der Waals surface area contributed by atoms with E-state index in [2.05, 4.69) is 5.32 Å². The SMILES string of the molecule is CCCNC(=O)[C@H](CC)N(Cc1ccc(OC)cc1)C(=O)CN(c1cccc(C)c1C)S(=O)(=O)c1ccccc1. The molecular weight excluding hydrogens is 526 g/mol. The Labute approximate surface area is 238 Å². The number of nitrogens with one attached hydrogen (secondary N) is 1. The molecule has 3 aromatic carbocycles. The van der Waals surface area contributed by atoms with E-state index in [0.717, 1.165) is 27.4 Å². The molecular formula is C31H39N3O5S. The molecule has 3 aromatic rings. The van der Waals surface area contributed by atoms with Crippen molar-refractivity contribution in [2.45, 2.75) is 58.0 Å². The van der Waals surface area contributed by atoms with Crippen LogP contribution in [-0.4, -0.2) is 51.4 Å². The zero-order valence-electron chi connectivity index (χ0n) is 23.9. The number of hydrogen-bond acceptors (Lipinski definition) is 5. The third-order valence-corrected chi connectivity index (χ3v) is 8.68. The van der Waals surface area contributed by atoms with Crippen LogP contribution in [0.1, 0.15) is 43.4 Å². The number of carbonyl (C=O) groups is 2. The Bertz CT molecular complexity index is 1390. The molecule has 0 unspecified atom stereocenters. The molecule has 0 bridgehead atoms. The Hall–Kier alpha value is -3.85. The number of carbonyl (C=O) groups excluding carboxylic acids is 2. The highest BCUT2D eigenvalue weighted by Crippen LogP contribution is 2.29. The van der Waals surface area contributed by atoms with Gasteiger partial charge in [-0.1, -0.05) is 56.3 Å². The van der Waals surface area contributed by atoms with Gasteiger partial charge in [-0.2, -0.15) is 0 Å². The average molecular weight is 566 g/mol. The molecule has 0 saturated heterocycles. The van der Waals surface area contributed by atoms with Crippen LogP contribution in [0.5, 0.6) is 5.75 Å². The summed E-state index contributed by atoms with van der Waals surface area (Å²) >= 11 is 0. The van der Waals surface area contributed by atoms with Gasteiger partial charge < -0.3 is 15.0 Å². The Balaban J connectivity index is 2.07. The molecule has 9 heteroatoms. The van der Waals surface area contributed by atoms with E-state index >= 15 is 0 Å². The molecule has 0 aliphatic heterocycles. The van der Waals surface area contributed by atoms with Crippen LogP contribution in [0.3, 0.4) is 0 Å². The number of aryl methyl sites for hydroxylation is 1. The number of ether oxygens (including phenoxy) is 1. The van der Waals surface area contributed by atoms with Gasteiger partial charge in [0.2, 0.25) is 11.8 Å². The lowest BCUT2D eigenvalue weighted by molar-refractivity contribution is -0.140. The summed E-state index contributed by atoms with van der Waals surface area (Å²) in [5.74, 6) is -0.0745. The molecule has 8 nitrogen and oxygen atoms in total. The number of methoxy groups -OCH3 is 1. The second-order valence-corrected chi connectivity index (χ2v) is 11.5. The summed E-state index contributed by atoms with van der Waals surface area (Å²) in [5.41, 5.74) is 2.87. The molecule has 0 aliphatic rings. The highest BCUT2D eigenvalue weighted by Gasteiger charge is 2.34. The Kier molecular flexibility index (Phi) is 10.7. The minimum atomic E-state index is -4.10. The van der Waals surface area contributed by atoms with E-state index in [1.165, 1.54) is 17.0 Å². The fourth-order valence-electron chi connectivity index (χ4n) is 4.45. The smallest absolute Gasteiger partial charge is 0.264 e. The van der Waals surface area contributed by atoms with Crippen LogP contribution in [0.4, 0.5) is 5.69 Å². The molecule has 0 spiro atoms. The van der Waals surface area contributed by atoms with Crippen molar-refractivity contribution in [3.8, 4) is 5.75 Å². The van der Waals surface area contributed by atoms with E-state index in [0.29, 0.717) is 24.4 Å². The summed E-state index contributed by atoms with van der Waals surface area (Å²) in [4.78, 5) is 28.9. The first-order valence-corrected chi connectivity index (χ1v) is 14.9. The van der Waals surface area contributed by atoms with Gasteiger partial charge in [0.1, 0.15) is 18.3 Å². The van der Waals surface area contributed by atoms with Gasteiger partial charge in [0.15, 0.2) is 0 Å². The minimum Gasteiger partial charge on any atom is -0.497 e. The summed E-state index contributed by atoms with van der Waals surface area (Å²) in [6.07, 6.45) is 1.12. The van der Waals surface area contributed by atoms with Crippen LogP contribution < -0.4 is 14.4 Å². The molecule has 0 saturated carbocycles. The van der Waals surface area contributed by atoms with Crippen molar-refractivity contribution in [1.82, 2.24) is 10.2 Å². The lowest BCUT2D eigenvalue weighted by Crippen LogP contribution is -2.52. The molecule has 0 aromatic heterocycles. The topological polar surface area (TPSA) is 96.0 Å². The fraction of sp³-hybridized carbons (Fsp3) is 0.355. The lowest BCUT2D eigenvalue weighted by Gasteiger charge is -2.33. The number of amides is 2. The highest BCUT2D eigenvalue weighted by molar-refractivity contribution is 7.92. The second-order valence-electron chi connectivity index (χ2n) is 9.63. The monoisotopic (exact) mass is 565 g/mol. The van der Waals surface area contributed by atoms with E-state index in [1.54, 1.807) is 49.6 Å². The summed E-state index contributed by atoms with van der Waals surface area (Å²) in [5, 5.41) is 2.90. The van der Waals surface area contributed by atoms with E-state index in [-0.39, 0.29) is 17.3 Å². The maximum Gasteiger partial charge on any atom is 0.264 e. The summed E-state index contributed by atoms with van der Waals surface area (Å²) in [7, 11) is -2.53. The van der Waals surface area contributed by atoms with Gasteiger partial charge in [-0.25, -0.2) is 8.42 Å². The van der Waals surface area contributed by atoms with Crippen LogP contribution in [0.2, 0.25) is 0 Å². The van der Waals surface area contributed by atoms with Gasteiger partial charge in [0, 0.05) is 13.1 Å².